The zero-order valence-electron chi connectivity index (χ0n) is 18.5. The first-order valence-corrected chi connectivity index (χ1v) is 12.1. The highest BCUT2D eigenvalue weighted by atomic mass is 32.2. The first-order valence-electron chi connectivity index (χ1n) is 9.18. The molecule has 0 atom stereocenters. The Kier molecular flexibility index (Phi) is 8.84. The van der Waals surface area contributed by atoms with E-state index < -0.39 is 101 Å². The quantitative estimate of drug-likeness (QED) is 0.254. The Bertz CT molecular complexity index is 1160. The maximum Gasteiger partial charge on any atom is 0.460 e. The number of hydrogen-bond donors (Lipinski definition) is 0. The molecule has 0 bridgehead atoms. The Morgan fingerprint density at radius 3 is 1.10 bits per heavy atom. The normalized spacial score (nSPS) is 18.8. The minimum atomic E-state index is -8.07. The van der Waals surface area contributed by atoms with E-state index in [0.29, 0.717) is 6.92 Å². The summed E-state index contributed by atoms with van der Waals surface area (Å²) >= 11 is 0. The number of carbonyl (C=O) groups is 1. The third-order valence-electron chi connectivity index (χ3n) is 4.82. The highest BCUT2D eigenvalue weighted by Gasteiger charge is 2.89. The lowest BCUT2D eigenvalue weighted by Crippen LogP contribution is -2.77. The van der Waals surface area contributed by atoms with E-state index in [0.717, 1.165) is 0 Å². The number of ether oxygens (including phenoxy) is 1. The molecule has 1 heterocycles. The molecule has 0 aromatic rings. The molecule has 41 heavy (non-hydrogen) atoms. The molecule has 0 aliphatic carbocycles. The number of hydrogen-bond acceptors (Lipinski definition) is 6. The maximum atomic E-state index is 14.1. The molecule has 1 rings (SSSR count). The van der Waals surface area contributed by atoms with Gasteiger partial charge in [-0.05, 0) is 6.92 Å². The summed E-state index contributed by atoms with van der Waals surface area (Å²) in [6.07, 6.45) is -19.6. The number of alkyl halides is 18. The molecule has 0 unspecified atom stereocenters. The van der Waals surface area contributed by atoms with Gasteiger partial charge >= 0.3 is 52.5 Å². The molecule has 28 heteroatoms. The zero-order chi connectivity index (χ0) is 33.4. The summed E-state index contributed by atoms with van der Waals surface area (Å²) in [4.78, 5) is 11.8. The molecule has 0 N–H and O–H groups in total. The zero-order valence-corrected chi connectivity index (χ0v) is 20.1. The van der Waals surface area contributed by atoms with E-state index in [1.54, 1.807) is 0 Å². The van der Waals surface area contributed by atoms with E-state index in [1.807, 2.05) is 0 Å². The van der Waals surface area contributed by atoms with Crippen molar-refractivity contribution in [2.75, 3.05) is 13.3 Å². The van der Waals surface area contributed by atoms with Crippen LogP contribution in [0.5, 0.6) is 0 Å². The third kappa shape index (κ3) is 4.84. The van der Waals surface area contributed by atoms with Gasteiger partial charge in [0, 0.05) is 0 Å². The smallest absolute Gasteiger partial charge is 0.460 e. The van der Waals surface area contributed by atoms with Gasteiger partial charge in [0.15, 0.2) is 6.17 Å². The van der Waals surface area contributed by atoms with Gasteiger partial charge in [0.05, 0.1) is 13.3 Å². The van der Waals surface area contributed by atoms with Crippen molar-refractivity contribution in [3.8, 4) is 0 Å². The molecule has 0 spiro atoms. The molecule has 1 aliphatic heterocycles. The molecule has 0 amide bonds. The molecule has 0 saturated carbocycles. The van der Waals surface area contributed by atoms with Crippen molar-refractivity contribution in [1.82, 2.24) is 8.61 Å². The van der Waals surface area contributed by atoms with Gasteiger partial charge in [-0.25, -0.2) is 21.6 Å². The molecule has 0 aromatic heterocycles. The van der Waals surface area contributed by atoms with Crippen LogP contribution in [0.2, 0.25) is 0 Å². The lowest BCUT2D eigenvalue weighted by atomic mass is 10.1. The molecule has 0 radical (unpaired) electrons. The van der Waals surface area contributed by atoms with Crippen molar-refractivity contribution in [1.29, 1.82) is 0 Å². The first-order chi connectivity index (χ1) is 17.6. The van der Waals surface area contributed by atoms with E-state index in [2.05, 4.69) is 4.74 Å². The minimum absolute atomic E-state index is 0.632. The van der Waals surface area contributed by atoms with E-state index in [-0.39, 0.29) is 0 Å². The van der Waals surface area contributed by atoms with Crippen molar-refractivity contribution >= 4 is 26.0 Å². The van der Waals surface area contributed by atoms with Crippen LogP contribution < -0.4 is 0 Å². The summed E-state index contributed by atoms with van der Waals surface area (Å²) in [5.74, 6) is -34.9. The Labute approximate surface area is 213 Å². The van der Waals surface area contributed by atoms with E-state index >= 15 is 0 Å². The highest BCUT2D eigenvalue weighted by molar-refractivity contribution is 7.91. The van der Waals surface area contributed by atoms with E-state index in [9.17, 15) is 101 Å². The van der Waals surface area contributed by atoms with Gasteiger partial charge in [0.25, 0.3) is 20.0 Å². The second-order valence-corrected chi connectivity index (χ2v) is 11.2. The predicted molar refractivity (Wildman–Crippen MR) is 88.6 cm³/mol. The second-order valence-electron chi connectivity index (χ2n) is 7.38. The summed E-state index contributed by atoms with van der Waals surface area (Å²) in [6, 6.07) is 0. The Morgan fingerprint density at radius 2 is 0.878 bits per heavy atom. The molecule has 8 nitrogen and oxygen atoms in total. The van der Waals surface area contributed by atoms with Crippen molar-refractivity contribution in [2.24, 2.45) is 0 Å². The van der Waals surface area contributed by atoms with Crippen LogP contribution in [0.4, 0.5) is 79.0 Å². The van der Waals surface area contributed by atoms with Crippen LogP contribution in [-0.4, -0.2) is 97.4 Å². The topological polar surface area (TPSA) is 101 Å². The Balaban J connectivity index is 3.80. The van der Waals surface area contributed by atoms with Crippen molar-refractivity contribution < 1.29 is 105 Å². The van der Waals surface area contributed by atoms with Crippen molar-refractivity contribution in [3.63, 3.8) is 0 Å². The number of nitrogens with zero attached hydrogens (tertiary/aromatic N) is 2. The fourth-order valence-electron chi connectivity index (χ4n) is 2.55. The van der Waals surface area contributed by atoms with Gasteiger partial charge < -0.3 is 4.74 Å². The van der Waals surface area contributed by atoms with Gasteiger partial charge in [0.2, 0.25) is 0 Å². The standard InChI is InChI=1S/C13H8F18N2O6S2/c1-2-39-5(34)4-32(40(35,36)12(28,29)8(18,19)6(14,15)10(22,23)24)3-33(4)41(37,38)13(30,31)9(20,21)7(16,17)11(25,26)27/h4H,2-3H2,1H3. The van der Waals surface area contributed by atoms with Gasteiger partial charge in [-0.1, -0.05) is 0 Å². The number of rotatable bonds is 10. The van der Waals surface area contributed by atoms with Crippen LogP contribution in [0.25, 0.3) is 0 Å². The number of esters is 1. The predicted octanol–water partition coefficient (Wildman–Crippen LogP) is 3.96. The number of carbonyl (C=O) groups excluding carboxylic acids is 1. The second kappa shape index (κ2) is 9.78. The van der Waals surface area contributed by atoms with Gasteiger partial charge in [-0.3, -0.25) is 0 Å². The van der Waals surface area contributed by atoms with Gasteiger partial charge in [-0.2, -0.15) is 87.6 Å². The van der Waals surface area contributed by atoms with Crippen LogP contribution >= 0.6 is 0 Å². The summed E-state index contributed by atoms with van der Waals surface area (Å²) in [5, 5.41) is -15.5. The maximum absolute atomic E-state index is 14.1. The number of halogens is 18. The van der Waals surface area contributed by atoms with Crippen LogP contribution in [-0.2, 0) is 29.6 Å². The van der Waals surface area contributed by atoms with Crippen LogP contribution in [0, 0.1) is 0 Å². The minimum Gasteiger partial charge on any atom is -0.464 e. The first kappa shape index (κ1) is 37.1. The average Bonchev–Trinajstić information content (AvgIpc) is 2.70. The SMILES string of the molecule is CCOC(=O)C1N(S(=O)(=O)C(F)(F)C(F)(F)C(F)(F)C(F)(F)F)CN1S(=O)(=O)C(F)(F)C(F)(F)C(F)(F)C(F)(F)F. The van der Waals surface area contributed by atoms with E-state index in [1.165, 1.54) is 0 Å². The van der Waals surface area contributed by atoms with Crippen molar-refractivity contribution in [2.45, 2.75) is 59.6 Å². The monoisotopic (exact) mass is 694 g/mol. The molecule has 244 valence electrons. The third-order valence-corrected chi connectivity index (χ3v) is 8.49. The summed E-state index contributed by atoms with van der Waals surface area (Å²) in [7, 11) is -16.1. The van der Waals surface area contributed by atoms with Crippen molar-refractivity contribution in [3.05, 3.63) is 0 Å². The van der Waals surface area contributed by atoms with Crippen LogP contribution in [0.1, 0.15) is 6.92 Å². The molecule has 1 fully saturated rings. The highest BCUT2D eigenvalue weighted by Crippen LogP contribution is 2.58. The summed E-state index contributed by atoms with van der Waals surface area (Å²) < 4.78 is 284. The Morgan fingerprint density at radius 1 is 0.610 bits per heavy atom. The molecular weight excluding hydrogens is 686 g/mol. The van der Waals surface area contributed by atoms with Crippen LogP contribution in [0.15, 0.2) is 0 Å². The fourth-order valence-corrected chi connectivity index (χ4v) is 5.65. The van der Waals surface area contributed by atoms with Gasteiger partial charge in [0.1, 0.15) is 0 Å². The Hall–Kier alpha value is -1.97. The van der Waals surface area contributed by atoms with Crippen LogP contribution in [0.3, 0.4) is 0 Å². The lowest BCUT2D eigenvalue weighted by Gasteiger charge is -2.49. The summed E-state index contributed by atoms with van der Waals surface area (Å²) in [5.41, 5.74) is 0. The molecule has 1 aliphatic rings. The number of sulfonamides is 2. The molecular formula is C13H8F18N2O6S2. The largest absolute Gasteiger partial charge is 0.464 e. The lowest BCUT2D eigenvalue weighted by molar-refractivity contribution is -0.383. The average molecular weight is 694 g/mol. The fraction of sp³-hybridized carbons (Fsp3) is 0.923. The summed E-state index contributed by atoms with van der Waals surface area (Å²) in [6.45, 7) is -3.71. The molecule has 0 aromatic carbocycles. The molecule has 1 saturated heterocycles. The van der Waals surface area contributed by atoms with E-state index in [4.69, 9.17) is 0 Å². The van der Waals surface area contributed by atoms with Gasteiger partial charge in [-0.15, -0.1) is 0 Å².